The summed E-state index contributed by atoms with van der Waals surface area (Å²) in [6, 6.07) is 17.4. The van der Waals surface area contributed by atoms with Gasteiger partial charge in [0.15, 0.2) is 0 Å². The van der Waals surface area contributed by atoms with Gasteiger partial charge in [-0.15, -0.1) is 0 Å². The van der Waals surface area contributed by atoms with Crippen LogP contribution in [0.2, 0.25) is 0 Å². The third kappa shape index (κ3) is 2.07. The van der Waals surface area contributed by atoms with Crippen molar-refractivity contribution in [2.24, 2.45) is 0 Å². The predicted octanol–water partition coefficient (Wildman–Crippen LogP) is 3.47. The first-order valence-electron chi connectivity index (χ1n) is 7.58. The molecule has 2 aliphatic rings. The highest BCUT2D eigenvalue weighted by molar-refractivity contribution is 5.92. The fourth-order valence-corrected chi connectivity index (χ4v) is 3.47. The molecule has 0 amide bonds. The number of hydrogen-bond donors (Lipinski definition) is 1. The highest BCUT2D eigenvalue weighted by Gasteiger charge is 2.31. The van der Waals surface area contributed by atoms with Crippen LogP contribution >= 0.6 is 0 Å². The molecule has 0 spiro atoms. The van der Waals surface area contributed by atoms with Crippen molar-refractivity contribution in [3.63, 3.8) is 0 Å². The van der Waals surface area contributed by atoms with Gasteiger partial charge in [-0.25, -0.2) is 0 Å². The van der Waals surface area contributed by atoms with E-state index in [1.54, 1.807) is 0 Å². The van der Waals surface area contributed by atoms with Crippen molar-refractivity contribution < 1.29 is 4.74 Å². The summed E-state index contributed by atoms with van der Waals surface area (Å²) in [6.07, 6.45) is 2.21. The molecule has 1 atom stereocenters. The third-order valence-electron chi connectivity index (χ3n) is 4.41. The van der Waals surface area contributed by atoms with Crippen LogP contribution in [-0.4, -0.2) is 19.7 Å². The minimum atomic E-state index is 0.235. The Morgan fingerprint density at radius 1 is 1.00 bits per heavy atom. The smallest absolute Gasteiger partial charge is 0.131 e. The first-order valence-corrected chi connectivity index (χ1v) is 7.58. The van der Waals surface area contributed by atoms with Gasteiger partial charge < -0.3 is 10.1 Å². The van der Waals surface area contributed by atoms with Crippen LogP contribution in [-0.2, 0) is 11.2 Å². The van der Waals surface area contributed by atoms with Gasteiger partial charge in [0, 0.05) is 24.1 Å². The van der Waals surface area contributed by atoms with Gasteiger partial charge in [0.1, 0.15) is 11.9 Å². The van der Waals surface area contributed by atoms with Crippen molar-refractivity contribution in [2.45, 2.75) is 18.9 Å². The summed E-state index contributed by atoms with van der Waals surface area (Å²) in [7, 11) is 1.98. The minimum absolute atomic E-state index is 0.235. The first kappa shape index (κ1) is 12.7. The molecule has 0 saturated carbocycles. The van der Waals surface area contributed by atoms with E-state index >= 15 is 0 Å². The largest absolute Gasteiger partial charge is 0.488 e. The molecule has 2 aromatic carbocycles. The van der Waals surface area contributed by atoms with E-state index in [-0.39, 0.29) is 6.10 Å². The minimum Gasteiger partial charge on any atom is -0.488 e. The number of hydrogen-bond acceptors (Lipinski definition) is 2. The van der Waals surface area contributed by atoms with E-state index in [2.05, 4.69) is 53.8 Å². The van der Waals surface area contributed by atoms with Crippen molar-refractivity contribution >= 4 is 11.3 Å². The van der Waals surface area contributed by atoms with Gasteiger partial charge in [-0.2, -0.15) is 0 Å². The molecular weight excluding hydrogens is 258 g/mol. The summed E-state index contributed by atoms with van der Waals surface area (Å²) in [6.45, 7) is 0.886. The predicted molar refractivity (Wildman–Crippen MR) is 85.9 cm³/mol. The molecule has 0 fully saturated rings. The number of ether oxygens (including phenoxy) is 1. The number of benzene rings is 2. The van der Waals surface area contributed by atoms with Gasteiger partial charge in [-0.1, -0.05) is 48.5 Å². The fourth-order valence-electron chi connectivity index (χ4n) is 3.47. The Hall–Kier alpha value is -2.06. The van der Waals surface area contributed by atoms with Crippen LogP contribution in [0.1, 0.15) is 28.7 Å². The van der Waals surface area contributed by atoms with Gasteiger partial charge in [-0.05, 0) is 30.2 Å². The van der Waals surface area contributed by atoms with Gasteiger partial charge in [0.25, 0.3) is 0 Å². The number of rotatable bonds is 2. The maximum atomic E-state index is 6.29. The Morgan fingerprint density at radius 2 is 1.67 bits per heavy atom. The van der Waals surface area contributed by atoms with Crippen molar-refractivity contribution in [1.82, 2.24) is 5.32 Å². The number of fused-ring (bicyclic) bond motifs is 4. The van der Waals surface area contributed by atoms with Crippen LogP contribution in [0.25, 0.3) is 11.3 Å². The quantitative estimate of drug-likeness (QED) is 0.907. The molecular formula is C19H19NO. The van der Waals surface area contributed by atoms with Gasteiger partial charge in [0.05, 0.1) is 0 Å². The molecule has 1 heterocycles. The van der Waals surface area contributed by atoms with Gasteiger partial charge in [-0.3, -0.25) is 0 Å². The third-order valence-corrected chi connectivity index (χ3v) is 4.41. The molecule has 106 valence electrons. The van der Waals surface area contributed by atoms with E-state index in [1.807, 2.05) is 7.05 Å². The second-order valence-electron chi connectivity index (χ2n) is 5.80. The topological polar surface area (TPSA) is 21.3 Å². The summed E-state index contributed by atoms with van der Waals surface area (Å²) in [5, 5.41) is 3.23. The maximum absolute atomic E-state index is 6.29. The second kappa shape index (κ2) is 5.05. The highest BCUT2D eigenvalue weighted by atomic mass is 16.5. The molecule has 21 heavy (non-hydrogen) atoms. The lowest BCUT2D eigenvalue weighted by molar-refractivity contribution is 0.190. The Labute approximate surface area is 125 Å². The van der Waals surface area contributed by atoms with E-state index in [9.17, 15) is 0 Å². The number of likely N-dealkylation sites (N-methyl/N-ethyl adjacent to an activating group) is 1. The molecule has 2 heteroatoms. The summed E-state index contributed by atoms with van der Waals surface area (Å²) in [5.74, 6) is 1.09. The molecule has 1 aliphatic carbocycles. The monoisotopic (exact) mass is 277 g/mol. The van der Waals surface area contributed by atoms with Crippen molar-refractivity contribution in [3.8, 4) is 0 Å². The molecule has 0 saturated heterocycles. The van der Waals surface area contributed by atoms with Gasteiger partial charge in [0.2, 0.25) is 0 Å². The summed E-state index contributed by atoms with van der Waals surface area (Å²) >= 11 is 0. The average Bonchev–Trinajstić information content (AvgIpc) is 2.87. The van der Waals surface area contributed by atoms with Crippen LogP contribution in [0, 0.1) is 0 Å². The van der Waals surface area contributed by atoms with Crippen molar-refractivity contribution in [3.05, 3.63) is 70.8 Å². The van der Waals surface area contributed by atoms with Crippen molar-refractivity contribution in [1.29, 1.82) is 0 Å². The Morgan fingerprint density at radius 3 is 2.43 bits per heavy atom. The van der Waals surface area contributed by atoms with E-state index in [0.717, 1.165) is 25.1 Å². The molecule has 2 nitrogen and oxygen atoms in total. The zero-order valence-electron chi connectivity index (χ0n) is 12.2. The molecule has 0 aromatic heterocycles. The van der Waals surface area contributed by atoms with Gasteiger partial charge >= 0.3 is 0 Å². The van der Waals surface area contributed by atoms with Crippen LogP contribution < -0.4 is 5.32 Å². The van der Waals surface area contributed by atoms with E-state index in [1.165, 1.54) is 27.8 Å². The molecule has 1 aliphatic heterocycles. The SMILES string of the molecule is CNCC1CC2=C(O1)c1ccccc1Cc1ccccc12. The Bertz CT molecular complexity index is 660. The van der Waals surface area contributed by atoms with Crippen LogP contribution in [0.3, 0.4) is 0 Å². The van der Waals surface area contributed by atoms with Crippen LogP contribution in [0.5, 0.6) is 0 Å². The van der Waals surface area contributed by atoms with Crippen molar-refractivity contribution in [2.75, 3.05) is 13.6 Å². The average molecular weight is 277 g/mol. The molecule has 4 rings (SSSR count). The summed E-state index contributed by atoms with van der Waals surface area (Å²) in [5.41, 5.74) is 6.77. The van der Waals surface area contributed by atoms with E-state index in [4.69, 9.17) is 4.74 Å². The standard InChI is InChI=1S/C19H19NO/c1-20-12-15-11-18-16-8-4-2-6-13(16)10-14-7-3-5-9-17(14)19(18)21-15/h2-9,15,20H,10-12H2,1H3. The summed E-state index contributed by atoms with van der Waals surface area (Å²) in [4.78, 5) is 0. The maximum Gasteiger partial charge on any atom is 0.131 e. The Balaban J connectivity index is 1.89. The fraction of sp³-hybridized carbons (Fsp3) is 0.263. The molecule has 0 radical (unpaired) electrons. The second-order valence-corrected chi connectivity index (χ2v) is 5.80. The van der Waals surface area contributed by atoms with E-state index in [0.29, 0.717) is 0 Å². The molecule has 1 unspecified atom stereocenters. The lowest BCUT2D eigenvalue weighted by atomic mass is 9.95. The van der Waals surface area contributed by atoms with E-state index < -0.39 is 0 Å². The molecule has 1 N–H and O–H groups in total. The zero-order valence-corrected chi connectivity index (χ0v) is 12.2. The first-order chi connectivity index (χ1) is 10.4. The lowest BCUT2D eigenvalue weighted by Crippen LogP contribution is -2.23. The normalized spacial score (nSPS) is 19.4. The zero-order chi connectivity index (χ0) is 14.2. The molecule has 0 bridgehead atoms. The highest BCUT2D eigenvalue weighted by Crippen LogP contribution is 2.43. The summed E-state index contributed by atoms with van der Waals surface area (Å²) < 4.78 is 6.29. The van der Waals surface area contributed by atoms with Crippen LogP contribution in [0.15, 0.2) is 48.5 Å². The lowest BCUT2D eigenvalue weighted by Gasteiger charge is -2.15. The Kier molecular flexibility index (Phi) is 3.04. The molecule has 2 aromatic rings. The van der Waals surface area contributed by atoms with Crippen LogP contribution in [0.4, 0.5) is 0 Å². The number of nitrogens with one attached hydrogen (secondary N) is 1.